The zero-order valence-electron chi connectivity index (χ0n) is 15.5. The van der Waals surface area contributed by atoms with Crippen molar-refractivity contribution in [2.75, 3.05) is 31.1 Å². The highest BCUT2D eigenvalue weighted by molar-refractivity contribution is 6.02. The van der Waals surface area contributed by atoms with E-state index in [2.05, 4.69) is 9.55 Å². The maximum atomic E-state index is 12.9. The Hall–Kier alpha value is -2.83. The van der Waals surface area contributed by atoms with Gasteiger partial charge in [0.05, 0.1) is 12.0 Å². The number of likely N-dealkylation sites (tertiary alicyclic amines) is 1. The van der Waals surface area contributed by atoms with Crippen molar-refractivity contribution in [2.24, 2.45) is 5.92 Å². The number of carbonyl (C=O) groups is 2. The van der Waals surface area contributed by atoms with Gasteiger partial charge in [-0.2, -0.15) is 0 Å². The second-order valence-electron chi connectivity index (χ2n) is 7.35. The van der Waals surface area contributed by atoms with Crippen LogP contribution in [0.25, 0.3) is 0 Å². The standard InChI is InChI=1S/C20H24N4O3/c1-15-4-5-18-17(9-15)24(20(26)13-27-18)12-19(25)23-7-2-3-16(11-23)10-22-8-6-21-14-22/h4-6,8-9,14,16H,2-3,7,10-13H2,1H3/t16-/m0/s1. The van der Waals surface area contributed by atoms with E-state index in [1.807, 2.05) is 42.5 Å². The fourth-order valence-electron chi connectivity index (χ4n) is 3.85. The highest BCUT2D eigenvalue weighted by Gasteiger charge is 2.30. The van der Waals surface area contributed by atoms with Gasteiger partial charge in [-0.05, 0) is 43.4 Å². The van der Waals surface area contributed by atoms with Crippen molar-refractivity contribution in [2.45, 2.75) is 26.3 Å². The molecule has 0 N–H and O–H groups in total. The first-order valence-electron chi connectivity index (χ1n) is 9.37. The Kier molecular flexibility index (Phi) is 4.83. The van der Waals surface area contributed by atoms with E-state index in [0.29, 0.717) is 17.4 Å². The molecule has 0 unspecified atom stereocenters. The molecule has 1 saturated heterocycles. The molecular formula is C20H24N4O3. The van der Waals surface area contributed by atoms with Crippen LogP contribution in [0.2, 0.25) is 0 Å². The quantitative estimate of drug-likeness (QED) is 0.826. The van der Waals surface area contributed by atoms with Crippen molar-refractivity contribution >= 4 is 17.5 Å². The van der Waals surface area contributed by atoms with Gasteiger partial charge in [-0.3, -0.25) is 14.5 Å². The minimum Gasteiger partial charge on any atom is -0.482 e. The maximum Gasteiger partial charge on any atom is 0.265 e. The summed E-state index contributed by atoms with van der Waals surface area (Å²) in [5.74, 6) is 0.887. The molecule has 27 heavy (non-hydrogen) atoms. The number of hydrogen-bond acceptors (Lipinski definition) is 4. The van der Waals surface area contributed by atoms with Crippen LogP contribution in [-0.4, -0.2) is 52.5 Å². The molecule has 0 aliphatic carbocycles. The smallest absolute Gasteiger partial charge is 0.265 e. The lowest BCUT2D eigenvalue weighted by Crippen LogP contribution is -2.49. The Labute approximate surface area is 158 Å². The highest BCUT2D eigenvalue weighted by Crippen LogP contribution is 2.33. The highest BCUT2D eigenvalue weighted by atomic mass is 16.5. The summed E-state index contributed by atoms with van der Waals surface area (Å²) in [5, 5.41) is 0. The van der Waals surface area contributed by atoms with Crippen LogP contribution in [0.15, 0.2) is 36.9 Å². The van der Waals surface area contributed by atoms with Gasteiger partial charge in [0, 0.05) is 32.0 Å². The van der Waals surface area contributed by atoms with Gasteiger partial charge in [0.1, 0.15) is 12.3 Å². The van der Waals surface area contributed by atoms with E-state index in [1.54, 1.807) is 11.1 Å². The van der Waals surface area contributed by atoms with Gasteiger partial charge in [0.2, 0.25) is 5.91 Å². The largest absolute Gasteiger partial charge is 0.482 e. The van der Waals surface area contributed by atoms with Gasteiger partial charge >= 0.3 is 0 Å². The summed E-state index contributed by atoms with van der Waals surface area (Å²) in [6.45, 7) is 4.34. The second-order valence-corrected chi connectivity index (χ2v) is 7.35. The lowest BCUT2D eigenvalue weighted by atomic mass is 9.98. The van der Waals surface area contributed by atoms with Crippen molar-refractivity contribution in [3.63, 3.8) is 0 Å². The van der Waals surface area contributed by atoms with Crippen LogP contribution in [0.5, 0.6) is 5.75 Å². The number of piperidine rings is 1. The first-order chi connectivity index (χ1) is 13.1. The zero-order valence-corrected chi connectivity index (χ0v) is 15.5. The number of ether oxygens (including phenoxy) is 1. The molecular weight excluding hydrogens is 344 g/mol. The molecule has 2 aliphatic rings. The van der Waals surface area contributed by atoms with Crippen LogP contribution in [0.1, 0.15) is 18.4 Å². The monoisotopic (exact) mass is 368 g/mol. The van der Waals surface area contributed by atoms with Gasteiger partial charge in [0.15, 0.2) is 6.61 Å². The van der Waals surface area contributed by atoms with E-state index in [9.17, 15) is 9.59 Å². The summed E-state index contributed by atoms with van der Waals surface area (Å²) >= 11 is 0. The molecule has 0 bridgehead atoms. The molecule has 2 amide bonds. The minimum absolute atomic E-state index is 0.00645. The molecule has 7 nitrogen and oxygen atoms in total. The average Bonchev–Trinajstić information content (AvgIpc) is 3.17. The Balaban J connectivity index is 1.44. The fraction of sp³-hybridized carbons (Fsp3) is 0.450. The number of imidazole rings is 1. The second kappa shape index (κ2) is 7.42. The van der Waals surface area contributed by atoms with E-state index in [4.69, 9.17) is 4.74 Å². The number of aromatic nitrogens is 2. The summed E-state index contributed by atoms with van der Waals surface area (Å²) in [6.07, 6.45) is 7.62. The number of amides is 2. The van der Waals surface area contributed by atoms with Crippen LogP contribution < -0.4 is 9.64 Å². The summed E-state index contributed by atoms with van der Waals surface area (Å²) in [5.41, 5.74) is 1.72. The SMILES string of the molecule is Cc1ccc2c(c1)N(CC(=O)N1CCC[C@@H](Cn3ccnc3)C1)C(=O)CO2. The molecule has 2 aliphatic heterocycles. The molecule has 4 rings (SSSR count). The van der Waals surface area contributed by atoms with Crippen LogP contribution in [-0.2, 0) is 16.1 Å². The Bertz CT molecular complexity index is 834. The molecule has 0 spiro atoms. The first kappa shape index (κ1) is 17.6. The number of benzene rings is 1. The molecule has 7 heteroatoms. The van der Waals surface area contributed by atoms with Crippen LogP contribution in [0, 0.1) is 12.8 Å². The number of fused-ring (bicyclic) bond motifs is 1. The number of carbonyl (C=O) groups excluding carboxylic acids is 2. The van der Waals surface area contributed by atoms with Crippen LogP contribution in [0.4, 0.5) is 5.69 Å². The Morgan fingerprint density at radius 2 is 2.26 bits per heavy atom. The molecule has 0 radical (unpaired) electrons. The number of nitrogens with zero attached hydrogens (tertiary/aromatic N) is 4. The van der Waals surface area contributed by atoms with Crippen molar-refractivity contribution in [1.82, 2.24) is 14.5 Å². The summed E-state index contributed by atoms with van der Waals surface area (Å²) < 4.78 is 7.56. The van der Waals surface area contributed by atoms with E-state index in [-0.39, 0.29) is 25.0 Å². The number of rotatable bonds is 4. The lowest BCUT2D eigenvalue weighted by Gasteiger charge is -2.35. The fourth-order valence-corrected chi connectivity index (χ4v) is 3.85. The topological polar surface area (TPSA) is 67.7 Å². The molecule has 1 fully saturated rings. The van der Waals surface area contributed by atoms with E-state index < -0.39 is 0 Å². The number of hydrogen-bond donors (Lipinski definition) is 0. The predicted octanol–water partition coefficient (Wildman–Crippen LogP) is 1.86. The minimum atomic E-state index is -0.173. The summed E-state index contributed by atoms with van der Waals surface area (Å²) in [6, 6.07) is 5.70. The van der Waals surface area contributed by atoms with Crippen molar-refractivity contribution < 1.29 is 14.3 Å². The molecule has 0 saturated carbocycles. The molecule has 142 valence electrons. The van der Waals surface area contributed by atoms with Gasteiger partial charge < -0.3 is 14.2 Å². The lowest BCUT2D eigenvalue weighted by molar-refractivity contribution is -0.133. The predicted molar refractivity (Wildman–Crippen MR) is 101 cm³/mol. The zero-order chi connectivity index (χ0) is 18.8. The summed E-state index contributed by atoms with van der Waals surface area (Å²) in [7, 11) is 0. The van der Waals surface area contributed by atoms with Crippen molar-refractivity contribution in [1.29, 1.82) is 0 Å². The molecule has 2 aromatic rings. The number of anilines is 1. The van der Waals surface area contributed by atoms with E-state index >= 15 is 0 Å². The van der Waals surface area contributed by atoms with E-state index in [1.165, 1.54) is 0 Å². The van der Waals surface area contributed by atoms with Crippen LogP contribution in [0.3, 0.4) is 0 Å². The normalized spacial score (nSPS) is 19.6. The van der Waals surface area contributed by atoms with Gasteiger partial charge in [-0.15, -0.1) is 0 Å². The molecule has 3 heterocycles. The first-order valence-corrected chi connectivity index (χ1v) is 9.37. The van der Waals surface area contributed by atoms with Gasteiger partial charge in [-0.1, -0.05) is 6.07 Å². The van der Waals surface area contributed by atoms with Crippen LogP contribution >= 0.6 is 0 Å². The van der Waals surface area contributed by atoms with Crippen molar-refractivity contribution in [3.8, 4) is 5.75 Å². The molecule has 1 aromatic heterocycles. The van der Waals surface area contributed by atoms with Gasteiger partial charge in [0.25, 0.3) is 5.91 Å². The third-order valence-corrected chi connectivity index (χ3v) is 5.25. The number of aryl methyl sites for hydroxylation is 1. The third-order valence-electron chi connectivity index (χ3n) is 5.25. The molecule has 1 aromatic carbocycles. The third kappa shape index (κ3) is 3.82. The van der Waals surface area contributed by atoms with Crippen molar-refractivity contribution in [3.05, 3.63) is 42.5 Å². The van der Waals surface area contributed by atoms with E-state index in [0.717, 1.165) is 38.0 Å². The Morgan fingerprint density at radius 3 is 3.07 bits per heavy atom. The van der Waals surface area contributed by atoms with Gasteiger partial charge in [-0.25, -0.2) is 4.98 Å². The maximum absolute atomic E-state index is 12.9. The average molecular weight is 368 g/mol. The Morgan fingerprint density at radius 1 is 1.37 bits per heavy atom. The summed E-state index contributed by atoms with van der Waals surface area (Å²) in [4.78, 5) is 32.8. The molecule has 1 atom stereocenters.